The number of hydroxylamine groups is 1. The van der Waals surface area contributed by atoms with Crippen LogP contribution in [0.3, 0.4) is 0 Å². The van der Waals surface area contributed by atoms with Crippen molar-refractivity contribution in [2.45, 2.75) is 6.42 Å². The zero-order chi connectivity index (χ0) is 16.7. The largest absolute Gasteiger partial charge is 0.307 e. The average Bonchev–Trinajstić information content (AvgIpc) is 2.87. The maximum Gasteiger partial charge on any atom is 0.258 e. The van der Waals surface area contributed by atoms with Gasteiger partial charge in [0.2, 0.25) is 34.8 Å². The summed E-state index contributed by atoms with van der Waals surface area (Å²) >= 11 is 0. The molecule has 0 bridgehead atoms. The number of nitrogens with zero attached hydrogens (tertiary/aromatic N) is 1. The SMILES string of the molecule is O=C1Cc2ccccc2N1OOc1c(F)c(F)c(F)c(F)c1F. The van der Waals surface area contributed by atoms with Crippen LogP contribution in [0.2, 0.25) is 0 Å². The van der Waals surface area contributed by atoms with Gasteiger partial charge in [-0.1, -0.05) is 23.2 Å². The predicted octanol–water partition coefficient (Wildman–Crippen LogP) is 3.20. The number of para-hydroxylation sites is 1. The van der Waals surface area contributed by atoms with Crippen molar-refractivity contribution in [1.29, 1.82) is 0 Å². The number of amides is 1. The molecule has 1 amide bonds. The Bertz CT molecular complexity index is 782. The van der Waals surface area contributed by atoms with Crippen LogP contribution in [0, 0.1) is 29.1 Å². The fraction of sp³-hybridized carbons (Fsp3) is 0.0714. The highest BCUT2D eigenvalue weighted by Crippen LogP contribution is 2.32. The highest BCUT2D eigenvalue weighted by Gasteiger charge is 2.32. The van der Waals surface area contributed by atoms with Gasteiger partial charge in [-0.2, -0.15) is 8.78 Å². The summed E-state index contributed by atoms with van der Waals surface area (Å²) in [5.41, 5.74) is 0.792. The highest BCUT2D eigenvalue weighted by atomic mass is 19.2. The van der Waals surface area contributed by atoms with Crippen molar-refractivity contribution < 1.29 is 36.6 Å². The van der Waals surface area contributed by atoms with E-state index in [1.54, 1.807) is 18.2 Å². The molecule has 1 aliphatic rings. The maximum atomic E-state index is 13.4. The summed E-state index contributed by atoms with van der Waals surface area (Å²) in [5, 5.41) is 0.563. The van der Waals surface area contributed by atoms with Gasteiger partial charge in [-0.15, -0.1) is 5.06 Å². The van der Waals surface area contributed by atoms with E-state index in [0.29, 0.717) is 10.6 Å². The number of benzene rings is 2. The van der Waals surface area contributed by atoms with E-state index in [4.69, 9.17) is 0 Å². The molecule has 2 aromatic rings. The minimum Gasteiger partial charge on any atom is -0.307 e. The first-order valence-electron chi connectivity index (χ1n) is 6.18. The minimum absolute atomic E-state index is 0.0589. The van der Waals surface area contributed by atoms with Crippen molar-refractivity contribution >= 4 is 11.6 Å². The van der Waals surface area contributed by atoms with Crippen molar-refractivity contribution in [2.24, 2.45) is 0 Å². The molecular formula is C14H6F5NO3. The van der Waals surface area contributed by atoms with Gasteiger partial charge in [-0.25, -0.2) is 13.2 Å². The number of hydrogen-bond acceptors (Lipinski definition) is 3. The van der Waals surface area contributed by atoms with Gasteiger partial charge in [0.1, 0.15) is 0 Å². The molecular weight excluding hydrogens is 325 g/mol. The number of carbonyl (C=O) groups excluding carboxylic acids is 1. The number of carbonyl (C=O) groups is 1. The molecule has 120 valence electrons. The lowest BCUT2D eigenvalue weighted by molar-refractivity contribution is -0.221. The Morgan fingerprint density at radius 3 is 2.09 bits per heavy atom. The Morgan fingerprint density at radius 2 is 1.43 bits per heavy atom. The predicted molar refractivity (Wildman–Crippen MR) is 65.6 cm³/mol. The van der Waals surface area contributed by atoms with Crippen LogP contribution in [-0.4, -0.2) is 5.91 Å². The first kappa shape index (κ1) is 15.2. The van der Waals surface area contributed by atoms with E-state index in [1.165, 1.54) is 6.07 Å². The topological polar surface area (TPSA) is 38.8 Å². The number of anilines is 1. The van der Waals surface area contributed by atoms with Gasteiger partial charge in [-0.05, 0) is 11.6 Å². The smallest absolute Gasteiger partial charge is 0.258 e. The fourth-order valence-corrected chi connectivity index (χ4v) is 2.04. The van der Waals surface area contributed by atoms with Gasteiger partial charge < -0.3 is 4.89 Å². The standard InChI is InChI=1S/C14H6F5NO3/c15-9-10(16)12(18)14(13(19)11(9)17)22-23-20-7-4-2-1-3-6(7)5-8(20)21/h1-4H,5H2. The third-order valence-corrected chi connectivity index (χ3v) is 3.14. The average molecular weight is 331 g/mol. The van der Waals surface area contributed by atoms with Crippen LogP contribution < -0.4 is 9.95 Å². The van der Waals surface area contributed by atoms with Crippen LogP contribution in [0.4, 0.5) is 27.6 Å². The molecule has 0 unspecified atom stereocenters. The summed E-state index contributed by atoms with van der Waals surface area (Å²) in [4.78, 5) is 20.4. The maximum absolute atomic E-state index is 13.4. The van der Waals surface area contributed by atoms with Crippen molar-refractivity contribution in [1.82, 2.24) is 0 Å². The molecule has 3 rings (SSSR count). The molecule has 23 heavy (non-hydrogen) atoms. The van der Waals surface area contributed by atoms with E-state index in [-0.39, 0.29) is 12.1 Å². The lowest BCUT2D eigenvalue weighted by Crippen LogP contribution is -2.29. The molecule has 0 spiro atoms. The van der Waals surface area contributed by atoms with Crippen LogP contribution in [-0.2, 0) is 16.2 Å². The molecule has 0 N–H and O–H groups in total. The molecule has 0 saturated heterocycles. The van der Waals surface area contributed by atoms with Crippen molar-refractivity contribution in [3.63, 3.8) is 0 Å². The normalized spacial score (nSPS) is 13.4. The summed E-state index contributed by atoms with van der Waals surface area (Å²) in [5.74, 6) is -13.4. The molecule has 0 radical (unpaired) electrons. The van der Waals surface area contributed by atoms with Gasteiger partial charge in [0.15, 0.2) is 0 Å². The number of hydrogen-bond donors (Lipinski definition) is 0. The second-order valence-corrected chi connectivity index (χ2v) is 4.55. The van der Waals surface area contributed by atoms with E-state index in [1.807, 2.05) is 0 Å². The monoisotopic (exact) mass is 331 g/mol. The molecule has 0 fully saturated rings. The van der Waals surface area contributed by atoms with Gasteiger partial charge in [0.25, 0.3) is 5.91 Å². The van der Waals surface area contributed by atoms with E-state index in [9.17, 15) is 26.7 Å². The summed E-state index contributed by atoms with van der Waals surface area (Å²) < 4.78 is 65.9. The Balaban J connectivity index is 1.89. The summed E-state index contributed by atoms with van der Waals surface area (Å²) in [6, 6.07) is 6.28. The Kier molecular flexibility index (Phi) is 3.64. The van der Waals surface area contributed by atoms with Gasteiger partial charge in [0, 0.05) is 0 Å². The highest BCUT2D eigenvalue weighted by molar-refractivity contribution is 5.99. The van der Waals surface area contributed by atoms with Crippen LogP contribution >= 0.6 is 0 Å². The molecule has 2 aromatic carbocycles. The Hall–Kier alpha value is -2.68. The van der Waals surface area contributed by atoms with Gasteiger partial charge in [0.05, 0.1) is 12.1 Å². The van der Waals surface area contributed by atoms with Crippen molar-refractivity contribution in [2.75, 3.05) is 5.06 Å². The van der Waals surface area contributed by atoms with E-state index in [0.717, 1.165) is 0 Å². The van der Waals surface area contributed by atoms with Crippen LogP contribution in [0.25, 0.3) is 0 Å². The molecule has 4 nitrogen and oxygen atoms in total. The first-order valence-corrected chi connectivity index (χ1v) is 6.18. The van der Waals surface area contributed by atoms with Gasteiger partial charge in [-0.3, -0.25) is 4.79 Å². The molecule has 0 atom stereocenters. The zero-order valence-corrected chi connectivity index (χ0v) is 11.1. The van der Waals surface area contributed by atoms with E-state index in [2.05, 4.69) is 9.88 Å². The van der Waals surface area contributed by atoms with Crippen molar-refractivity contribution in [3.05, 3.63) is 58.9 Å². The van der Waals surface area contributed by atoms with Crippen LogP contribution in [0.15, 0.2) is 24.3 Å². The molecule has 0 aliphatic carbocycles. The summed E-state index contributed by atoms with van der Waals surface area (Å²) in [7, 11) is 0. The number of rotatable bonds is 3. The second kappa shape index (κ2) is 5.51. The second-order valence-electron chi connectivity index (χ2n) is 4.55. The van der Waals surface area contributed by atoms with Crippen LogP contribution in [0.5, 0.6) is 5.75 Å². The third kappa shape index (κ3) is 2.38. The van der Waals surface area contributed by atoms with Gasteiger partial charge >= 0.3 is 0 Å². The minimum atomic E-state index is -2.32. The summed E-state index contributed by atoms with van der Waals surface area (Å²) in [6.07, 6.45) is -0.0589. The quantitative estimate of drug-likeness (QED) is 0.285. The Labute approximate surface area is 125 Å². The van der Waals surface area contributed by atoms with Crippen LogP contribution in [0.1, 0.15) is 5.56 Å². The number of fused-ring (bicyclic) bond motifs is 1. The molecule has 0 saturated carbocycles. The lowest BCUT2D eigenvalue weighted by Gasteiger charge is -2.15. The lowest BCUT2D eigenvalue weighted by atomic mass is 10.2. The van der Waals surface area contributed by atoms with E-state index >= 15 is 0 Å². The van der Waals surface area contributed by atoms with Crippen molar-refractivity contribution in [3.8, 4) is 5.75 Å². The first-order chi connectivity index (χ1) is 10.9. The molecule has 1 aliphatic heterocycles. The molecule has 1 heterocycles. The molecule has 0 aromatic heterocycles. The Morgan fingerprint density at radius 1 is 0.870 bits per heavy atom. The third-order valence-electron chi connectivity index (χ3n) is 3.14. The fourth-order valence-electron chi connectivity index (χ4n) is 2.04. The molecule has 9 heteroatoms. The zero-order valence-electron chi connectivity index (χ0n) is 11.1. The summed E-state index contributed by atoms with van der Waals surface area (Å²) in [6.45, 7) is 0. The van der Waals surface area contributed by atoms with E-state index < -0.39 is 40.7 Å². The number of halogens is 5.